The van der Waals surface area contributed by atoms with Crippen molar-refractivity contribution in [3.8, 4) is 11.5 Å². The molecule has 1 N–H and O–H groups in total. The maximum Gasteiger partial charge on any atom is 0.284 e. The molecule has 3 nitrogen and oxygen atoms in total. The van der Waals surface area contributed by atoms with Crippen molar-refractivity contribution in [3.05, 3.63) is 34.7 Å². The van der Waals surface area contributed by atoms with Gasteiger partial charge in [-0.3, -0.25) is 0 Å². The van der Waals surface area contributed by atoms with Gasteiger partial charge >= 0.3 is 0 Å². The molecule has 0 aliphatic heterocycles. The fourth-order valence-corrected chi connectivity index (χ4v) is 1.70. The van der Waals surface area contributed by atoms with E-state index in [2.05, 4.69) is 10.2 Å². The lowest BCUT2D eigenvalue weighted by atomic mass is 10.1. The van der Waals surface area contributed by atoms with Crippen LogP contribution in [-0.2, 0) is 6.42 Å². The van der Waals surface area contributed by atoms with E-state index in [4.69, 9.17) is 28.9 Å². The second-order valence-corrected chi connectivity index (χ2v) is 4.56. The van der Waals surface area contributed by atoms with E-state index in [1.54, 1.807) is 0 Å². The van der Waals surface area contributed by atoms with Crippen molar-refractivity contribution in [2.45, 2.75) is 13.3 Å². The molecule has 1 aromatic heterocycles. The number of aromatic amines is 1. The van der Waals surface area contributed by atoms with Crippen molar-refractivity contribution < 1.29 is 4.42 Å². The van der Waals surface area contributed by atoms with Crippen LogP contribution in [0.1, 0.15) is 12.5 Å². The Balaban J connectivity index is 2.25. The van der Waals surface area contributed by atoms with Gasteiger partial charge in [0.2, 0.25) is 5.89 Å². The summed E-state index contributed by atoms with van der Waals surface area (Å²) in [5.74, 6) is 0.510. The van der Waals surface area contributed by atoms with Gasteiger partial charge < -0.3 is 4.42 Å². The monoisotopic (exact) mass is 250 g/mol. The lowest BCUT2D eigenvalue weighted by molar-refractivity contribution is 0.552. The van der Waals surface area contributed by atoms with Crippen molar-refractivity contribution in [1.82, 2.24) is 10.2 Å². The molecule has 2 rings (SSSR count). The smallest absolute Gasteiger partial charge is 0.284 e. The van der Waals surface area contributed by atoms with Crippen LogP contribution in [0.3, 0.4) is 0 Å². The first kappa shape index (κ1) is 11.2. The summed E-state index contributed by atoms with van der Waals surface area (Å²) in [6.07, 6.45) is 0.819. The Morgan fingerprint density at radius 1 is 1.38 bits per heavy atom. The molecule has 0 fully saturated rings. The van der Waals surface area contributed by atoms with Crippen LogP contribution in [0.2, 0.25) is 0 Å². The molecule has 0 atom stereocenters. The molecule has 0 saturated carbocycles. The van der Waals surface area contributed by atoms with Crippen molar-refractivity contribution in [2.75, 3.05) is 0 Å². The number of hydrogen-bond donors (Lipinski definition) is 1. The van der Waals surface area contributed by atoms with Crippen LogP contribution >= 0.6 is 24.4 Å². The summed E-state index contributed by atoms with van der Waals surface area (Å²) >= 11 is 9.87. The van der Waals surface area contributed by atoms with E-state index in [9.17, 15) is 0 Å². The maximum absolute atomic E-state index is 5.21. The van der Waals surface area contributed by atoms with Crippen LogP contribution in [0.15, 0.2) is 28.7 Å². The van der Waals surface area contributed by atoms with Crippen LogP contribution in [0.25, 0.3) is 11.5 Å². The summed E-state index contributed by atoms with van der Waals surface area (Å²) in [6.45, 7) is 1.94. The molecule has 5 heteroatoms. The molecule has 1 aromatic carbocycles. The summed E-state index contributed by atoms with van der Waals surface area (Å²) in [4.78, 5) is 1.26. The van der Waals surface area contributed by atoms with E-state index in [1.165, 1.54) is 5.56 Å². The Labute approximate surface area is 104 Å². The SMILES string of the molecule is CC(=S)Cc1ccc(-c2n[nH]c(=S)o2)cc1. The van der Waals surface area contributed by atoms with Crippen molar-refractivity contribution in [1.29, 1.82) is 0 Å². The Bertz CT molecular complexity index is 554. The van der Waals surface area contributed by atoms with Gasteiger partial charge in [-0.25, -0.2) is 5.10 Å². The van der Waals surface area contributed by atoms with Crippen LogP contribution in [0.5, 0.6) is 0 Å². The third kappa shape index (κ3) is 2.62. The molecule has 0 bridgehead atoms. The highest BCUT2D eigenvalue weighted by atomic mass is 32.1. The van der Waals surface area contributed by atoms with E-state index in [1.807, 2.05) is 31.2 Å². The average molecular weight is 250 g/mol. The number of nitrogens with zero attached hydrogens (tertiary/aromatic N) is 1. The van der Waals surface area contributed by atoms with Gasteiger partial charge in [-0.05, 0) is 41.7 Å². The summed E-state index contributed by atoms with van der Waals surface area (Å²) in [6, 6.07) is 7.92. The Hall–Kier alpha value is -1.33. The Kier molecular flexibility index (Phi) is 3.26. The van der Waals surface area contributed by atoms with Crippen LogP contribution in [-0.4, -0.2) is 15.1 Å². The maximum atomic E-state index is 5.21. The van der Waals surface area contributed by atoms with Gasteiger partial charge in [0.25, 0.3) is 4.84 Å². The normalized spacial score (nSPS) is 10.3. The number of benzene rings is 1. The topological polar surface area (TPSA) is 41.8 Å². The van der Waals surface area contributed by atoms with E-state index < -0.39 is 0 Å². The van der Waals surface area contributed by atoms with E-state index >= 15 is 0 Å². The predicted octanol–water partition coefficient (Wildman–Crippen LogP) is 3.33. The second kappa shape index (κ2) is 4.67. The standard InChI is InChI=1S/C11H10N2OS2/c1-7(15)6-8-2-4-9(5-3-8)10-12-13-11(16)14-10/h2-5H,6H2,1H3,(H,13,16). The first-order chi connectivity index (χ1) is 7.65. The van der Waals surface area contributed by atoms with Gasteiger partial charge in [-0.1, -0.05) is 24.4 Å². The Morgan fingerprint density at radius 3 is 2.56 bits per heavy atom. The summed E-state index contributed by atoms with van der Waals surface area (Å²) in [5.41, 5.74) is 2.09. The molecule has 2 aromatic rings. The van der Waals surface area contributed by atoms with Gasteiger partial charge in [0.1, 0.15) is 0 Å². The number of thiocarbonyl (C=S) groups is 1. The molecule has 0 amide bonds. The average Bonchev–Trinajstić information content (AvgIpc) is 2.65. The minimum Gasteiger partial charge on any atom is -0.409 e. The molecule has 16 heavy (non-hydrogen) atoms. The third-order valence-electron chi connectivity index (χ3n) is 2.09. The molecule has 82 valence electrons. The highest BCUT2D eigenvalue weighted by molar-refractivity contribution is 7.80. The summed E-state index contributed by atoms with van der Waals surface area (Å²) in [7, 11) is 0. The van der Waals surface area contributed by atoms with Crippen molar-refractivity contribution in [2.24, 2.45) is 0 Å². The molecular formula is C11H10N2OS2. The first-order valence-corrected chi connectivity index (χ1v) is 5.61. The van der Waals surface area contributed by atoms with Crippen molar-refractivity contribution >= 4 is 29.3 Å². The zero-order valence-electron chi connectivity index (χ0n) is 8.69. The number of hydrogen-bond acceptors (Lipinski definition) is 4. The van der Waals surface area contributed by atoms with Crippen molar-refractivity contribution in [3.63, 3.8) is 0 Å². The first-order valence-electron chi connectivity index (χ1n) is 4.79. The molecule has 0 saturated heterocycles. The van der Waals surface area contributed by atoms with Gasteiger partial charge in [0.15, 0.2) is 0 Å². The number of H-pyrrole nitrogens is 1. The number of nitrogens with one attached hydrogen (secondary N) is 1. The molecule has 1 heterocycles. The lowest BCUT2D eigenvalue weighted by Crippen LogP contribution is -1.93. The van der Waals surface area contributed by atoms with E-state index in [0.29, 0.717) is 5.89 Å². The molecule has 0 aliphatic rings. The zero-order valence-corrected chi connectivity index (χ0v) is 10.3. The lowest BCUT2D eigenvalue weighted by Gasteiger charge is -2.00. The molecule has 0 spiro atoms. The fraction of sp³-hybridized carbons (Fsp3) is 0.182. The second-order valence-electron chi connectivity index (χ2n) is 3.49. The molecular weight excluding hydrogens is 240 g/mol. The van der Waals surface area contributed by atoms with Gasteiger partial charge in [-0.15, -0.1) is 5.10 Å². The van der Waals surface area contributed by atoms with Gasteiger partial charge in [0, 0.05) is 12.0 Å². The Morgan fingerprint density at radius 2 is 2.06 bits per heavy atom. The summed E-state index contributed by atoms with van der Waals surface area (Å²) in [5, 5.41) is 6.55. The van der Waals surface area contributed by atoms with Crippen LogP contribution < -0.4 is 0 Å². The minimum absolute atomic E-state index is 0.286. The van der Waals surface area contributed by atoms with E-state index in [0.717, 1.165) is 16.8 Å². The zero-order chi connectivity index (χ0) is 11.5. The van der Waals surface area contributed by atoms with Crippen LogP contribution in [0.4, 0.5) is 0 Å². The fourth-order valence-electron chi connectivity index (χ4n) is 1.41. The molecule has 0 aliphatic carbocycles. The predicted molar refractivity (Wildman–Crippen MR) is 69.1 cm³/mol. The molecule has 0 unspecified atom stereocenters. The molecule has 0 radical (unpaired) electrons. The van der Waals surface area contributed by atoms with E-state index in [-0.39, 0.29) is 4.84 Å². The quantitative estimate of drug-likeness (QED) is 0.848. The highest BCUT2D eigenvalue weighted by Gasteiger charge is 2.03. The number of aromatic nitrogens is 2. The van der Waals surface area contributed by atoms with Gasteiger partial charge in [0.05, 0.1) is 0 Å². The van der Waals surface area contributed by atoms with Crippen LogP contribution in [0, 0.1) is 4.84 Å². The van der Waals surface area contributed by atoms with Gasteiger partial charge in [-0.2, -0.15) is 0 Å². The highest BCUT2D eigenvalue weighted by Crippen LogP contribution is 2.17. The number of rotatable bonds is 3. The largest absolute Gasteiger partial charge is 0.409 e. The third-order valence-corrected chi connectivity index (χ3v) is 2.41. The summed E-state index contributed by atoms with van der Waals surface area (Å²) < 4.78 is 5.21. The minimum atomic E-state index is 0.286.